The van der Waals surface area contributed by atoms with Crippen molar-refractivity contribution >= 4 is 40.5 Å². The molecule has 174 valence electrons. The lowest BCUT2D eigenvalue weighted by Gasteiger charge is -2.24. The first-order valence-electron chi connectivity index (χ1n) is 10.1. The molecule has 0 aliphatic heterocycles. The van der Waals surface area contributed by atoms with Gasteiger partial charge < -0.3 is 19.5 Å². The van der Waals surface area contributed by atoms with Gasteiger partial charge in [0.05, 0.1) is 13.0 Å². The van der Waals surface area contributed by atoms with Gasteiger partial charge in [-0.25, -0.2) is 9.78 Å². The number of ether oxygens (including phenoxy) is 3. The van der Waals surface area contributed by atoms with Crippen LogP contribution in [0.4, 0.5) is 0 Å². The minimum atomic E-state index is -0.967. The maximum absolute atomic E-state index is 12.8. The number of carbonyl (C=O) groups excluding carboxylic acids is 3. The van der Waals surface area contributed by atoms with Gasteiger partial charge in [-0.05, 0) is 36.7 Å². The van der Waals surface area contributed by atoms with E-state index in [4.69, 9.17) is 14.2 Å². The third-order valence-electron chi connectivity index (χ3n) is 4.72. The molecule has 0 radical (unpaired) electrons. The average Bonchev–Trinajstić information content (AvgIpc) is 3.48. The van der Waals surface area contributed by atoms with Crippen LogP contribution < -0.4 is 14.8 Å². The standard InChI is InChI=1S/C23H24N2O6S2/c1-13(25-22(27)20-21(31-15(3)26)16(29-4)9-10-24-20)23(28)30-14(2)19(17-7-5-11-32-17)18-8-6-12-33-18/h5-14,19H,1-4H3,(H,25,27)/t13-,14-/m0/s1. The van der Waals surface area contributed by atoms with Gasteiger partial charge in [-0.2, -0.15) is 0 Å². The fraction of sp³-hybridized carbons (Fsp3) is 0.304. The van der Waals surface area contributed by atoms with Crippen LogP contribution in [0.15, 0.2) is 47.3 Å². The number of rotatable bonds is 9. The Morgan fingerprint density at radius 1 is 1.03 bits per heavy atom. The maximum atomic E-state index is 12.8. The summed E-state index contributed by atoms with van der Waals surface area (Å²) in [6.45, 7) is 4.55. The molecule has 0 aliphatic carbocycles. The molecule has 0 aromatic carbocycles. The highest BCUT2D eigenvalue weighted by atomic mass is 32.1. The molecule has 2 atom stereocenters. The lowest BCUT2D eigenvalue weighted by atomic mass is 9.99. The molecule has 3 aromatic rings. The van der Waals surface area contributed by atoms with E-state index in [0.29, 0.717) is 0 Å². The van der Waals surface area contributed by atoms with Gasteiger partial charge in [-0.3, -0.25) is 9.59 Å². The molecule has 0 aliphatic rings. The van der Waals surface area contributed by atoms with Crippen LogP contribution >= 0.6 is 22.7 Å². The Hall–Kier alpha value is -3.24. The first-order valence-corrected chi connectivity index (χ1v) is 11.9. The molecule has 0 saturated heterocycles. The van der Waals surface area contributed by atoms with E-state index in [1.54, 1.807) is 22.7 Å². The molecular weight excluding hydrogens is 464 g/mol. The van der Waals surface area contributed by atoms with Crippen molar-refractivity contribution in [3.63, 3.8) is 0 Å². The zero-order valence-electron chi connectivity index (χ0n) is 18.6. The van der Waals surface area contributed by atoms with Crippen LogP contribution in [0.5, 0.6) is 11.5 Å². The highest BCUT2D eigenvalue weighted by molar-refractivity contribution is 7.11. The number of thiophene rings is 2. The molecule has 1 N–H and O–H groups in total. The van der Waals surface area contributed by atoms with Crippen molar-refractivity contribution in [3.05, 3.63) is 62.7 Å². The van der Waals surface area contributed by atoms with E-state index >= 15 is 0 Å². The highest BCUT2D eigenvalue weighted by Gasteiger charge is 2.30. The molecule has 0 unspecified atom stereocenters. The molecule has 8 nitrogen and oxygen atoms in total. The van der Waals surface area contributed by atoms with Gasteiger partial charge in [-0.1, -0.05) is 12.1 Å². The summed E-state index contributed by atoms with van der Waals surface area (Å²) in [5.41, 5.74) is -0.174. The number of esters is 2. The van der Waals surface area contributed by atoms with Gasteiger partial charge in [0.2, 0.25) is 5.75 Å². The highest BCUT2D eigenvalue weighted by Crippen LogP contribution is 2.35. The molecule has 3 rings (SSSR count). The summed E-state index contributed by atoms with van der Waals surface area (Å²) in [5, 5.41) is 6.52. The fourth-order valence-corrected chi connectivity index (χ4v) is 5.16. The Labute approximate surface area is 199 Å². The number of carbonyl (C=O) groups is 3. The largest absolute Gasteiger partial charge is 0.493 e. The van der Waals surface area contributed by atoms with Crippen molar-refractivity contribution in [1.29, 1.82) is 0 Å². The maximum Gasteiger partial charge on any atom is 0.328 e. The van der Waals surface area contributed by atoms with E-state index in [2.05, 4.69) is 10.3 Å². The summed E-state index contributed by atoms with van der Waals surface area (Å²) in [6, 6.07) is 8.43. The molecule has 3 aromatic heterocycles. The number of nitrogens with zero attached hydrogens (tertiary/aromatic N) is 1. The molecule has 10 heteroatoms. The molecule has 1 amide bonds. The van der Waals surface area contributed by atoms with Crippen molar-refractivity contribution < 1.29 is 28.6 Å². The van der Waals surface area contributed by atoms with Gasteiger partial charge in [0.25, 0.3) is 5.91 Å². The number of hydrogen-bond acceptors (Lipinski definition) is 9. The summed E-state index contributed by atoms with van der Waals surface area (Å²) >= 11 is 3.19. The lowest BCUT2D eigenvalue weighted by Crippen LogP contribution is -2.41. The zero-order valence-corrected chi connectivity index (χ0v) is 20.2. The number of pyridine rings is 1. The Morgan fingerprint density at radius 2 is 1.67 bits per heavy atom. The van der Waals surface area contributed by atoms with Crippen LogP contribution in [-0.2, 0) is 14.3 Å². The van der Waals surface area contributed by atoms with Crippen molar-refractivity contribution in [2.45, 2.75) is 38.8 Å². The number of hydrogen-bond donors (Lipinski definition) is 1. The van der Waals surface area contributed by atoms with Crippen molar-refractivity contribution in [1.82, 2.24) is 10.3 Å². The third kappa shape index (κ3) is 5.96. The predicted octanol–water partition coefficient (Wildman–Crippen LogP) is 4.02. The Morgan fingerprint density at radius 3 is 2.18 bits per heavy atom. The van der Waals surface area contributed by atoms with Crippen LogP contribution in [0.1, 0.15) is 46.9 Å². The van der Waals surface area contributed by atoms with Crippen LogP contribution in [0.2, 0.25) is 0 Å². The van der Waals surface area contributed by atoms with Crippen LogP contribution in [0, 0.1) is 0 Å². The van der Waals surface area contributed by atoms with Gasteiger partial charge in [0.15, 0.2) is 11.4 Å². The smallest absolute Gasteiger partial charge is 0.328 e. The summed E-state index contributed by atoms with van der Waals surface area (Å²) in [5.74, 6) is -1.98. The van der Waals surface area contributed by atoms with Crippen molar-refractivity contribution in [2.75, 3.05) is 7.11 Å². The molecule has 0 spiro atoms. The van der Waals surface area contributed by atoms with Gasteiger partial charge >= 0.3 is 11.9 Å². The fourth-order valence-electron chi connectivity index (χ4n) is 3.21. The minimum absolute atomic E-state index is 0.104. The second kappa shape index (κ2) is 11.1. The third-order valence-corrected chi connectivity index (χ3v) is 6.63. The molecule has 0 bridgehead atoms. The number of nitrogens with one attached hydrogen (secondary N) is 1. The monoisotopic (exact) mass is 488 g/mol. The van der Waals surface area contributed by atoms with E-state index < -0.39 is 30.0 Å². The normalized spacial score (nSPS) is 12.6. The van der Waals surface area contributed by atoms with Gasteiger partial charge in [0.1, 0.15) is 12.1 Å². The Kier molecular flexibility index (Phi) is 8.18. The number of amides is 1. The topological polar surface area (TPSA) is 104 Å². The minimum Gasteiger partial charge on any atom is -0.493 e. The Bertz CT molecular complexity index is 1060. The van der Waals surface area contributed by atoms with Gasteiger partial charge in [0, 0.05) is 28.9 Å². The van der Waals surface area contributed by atoms with E-state index in [0.717, 1.165) is 9.75 Å². The van der Waals surface area contributed by atoms with Gasteiger partial charge in [-0.15, -0.1) is 22.7 Å². The molecule has 33 heavy (non-hydrogen) atoms. The van der Waals surface area contributed by atoms with E-state index in [9.17, 15) is 14.4 Å². The second-order valence-electron chi connectivity index (χ2n) is 7.13. The van der Waals surface area contributed by atoms with E-state index in [1.807, 2.05) is 41.9 Å². The lowest BCUT2D eigenvalue weighted by molar-refractivity contribution is -0.150. The molecule has 3 heterocycles. The number of aromatic nitrogens is 1. The van der Waals surface area contributed by atoms with Crippen molar-refractivity contribution in [2.24, 2.45) is 0 Å². The predicted molar refractivity (Wildman–Crippen MR) is 125 cm³/mol. The summed E-state index contributed by atoms with van der Waals surface area (Å²) < 4.78 is 16.0. The average molecular weight is 489 g/mol. The summed E-state index contributed by atoms with van der Waals surface area (Å²) in [7, 11) is 1.38. The van der Waals surface area contributed by atoms with Crippen molar-refractivity contribution in [3.8, 4) is 11.5 Å². The second-order valence-corrected chi connectivity index (χ2v) is 9.09. The number of methoxy groups -OCH3 is 1. The van der Waals surface area contributed by atoms with Crippen LogP contribution in [-0.4, -0.2) is 42.1 Å². The quantitative estimate of drug-likeness (QED) is 0.454. The first-order chi connectivity index (χ1) is 15.8. The SMILES string of the molecule is COc1ccnc(C(=O)N[C@@H](C)C(=O)O[C@@H](C)C(c2cccs2)c2cccs2)c1OC(C)=O. The van der Waals surface area contributed by atoms with E-state index in [1.165, 1.54) is 33.2 Å². The molecule has 0 fully saturated rings. The first kappa shape index (κ1) is 24.4. The summed E-state index contributed by atoms with van der Waals surface area (Å²) in [4.78, 5) is 43.2. The zero-order chi connectivity index (χ0) is 24.0. The van der Waals surface area contributed by atoms with E-state index in [-0.39, 0.29) is 23.1 Å². The Balaban J connectivity index is 1.72. The van der Waals surface area contributed by atoms with Crippen LogP contribution in [0.3, 0.4) is 0 Å². The van der Waals surface area contributed by atoms with Crippen LogP contribution in [0.25, 0.3) is 0 Å². The molecule has 0 saturated carbocycles. The summed E-state index contributed by atoms with van der Waals surface area (Å²) in [6.07, 6.45) is 0.888. The molecular formula is C23H24N2O6S2.